The van der Waals surface area contributed by atoms with Crippen molar-refractivity contribution in [3.63, 3.8) is 0 Å². The number of ether oxygens (including phenoxy) is 2. The summed E-state index contributed by atoms with van der Waals surface area (Å²) in [6.45, 7) is 3.75. The van der Waals surface area contributed by atoms with Crippen LogP contribution < -0.4 is 15.2 Å². The molecule has 104 valence electrons. The lowest BCUT2D eigenvalue weighted by molar-refractivity contribution is 0.367. The van der Waals surface area contributed by atoms with E-state index in [1.54, 1.807) is 26.2 Å². The first-order chi connectivity index (χ1) is 9.49. The van der Waals surface area contributed by atoms with Gasteiger partial charge in [-0.3, -0.25) is 5.41 Å². The maximum absolute atomic E-state index is 7.42. The van der Waals surface area contributed by atoms with E-state index in [1.807, 2.05) is 19.1 Å². The summed E-state index contributed by atoms with van der Waals surface area (Å²) >= 11 is 0. The van der Waals surface area contributed by atoms with Gasteiger partial charge in [0.1, 0.15) is 11.5 Å². The zero-order valence-electron chi connectivity index (χ0n) is 11.6. The standard InChI is InChI=1S/C14H16N4O2/c1-8-4-5-11(12(6-8)19-3)20-14-17-9(2)7-10(18-14)13(15)16/h4-7H,1-3H3,(H3,15,16). The van der Waals surface area contributed by atoms with Gasteiger partial charge in [0.2, 0.25) is 0 Å². The zero-order valence-corrected chi connectivity index (χ0v) is 11.6. The lowest BCUT2D eigenvalue weighted by Gasteiger charge is -2.10. The second-order valence-corrected chi connectivity index (χ2v) is 4.35. The number of hydrogen-bond acceptors (Lipinski definition) is 5. The van der Waals surface area contributed by atoms with Gasteiger partial charge in [0, 0.05) is 5.69 Å². The van der Waals surface area contributed by atoms with Gasteiger partial charge in [-0.05, 0) is 37.6 Å². The van der Waals surface area contributed by atoms with Crippen molar-refractivity contribution in [2.24, 2.45) is 5.73 Å². The lowest BCUT2D eigenvalue weighted by Crippen LogP contribution is -2.14. The monoisotopic (exact) mass is 272 g/mol. The van der Waals surface area contributed by atoms with Crippen LogP contribution in [-0.4, -0.2) is 22.9 Å². The third-order valence-corrected chi connectivity index (χ3v) is 2.63. The number of benzene rings is 1. The molecule has 0 radical (unpaired) electrons. The van der Waals surface area contributed by atoms with Crippen molar-refractivity contribution in [2.45, 2.75) is 13.8 Å². The molecule has 6 heteroatoms. The molecule has 3 N–H and O–H groups in total. The van der Waals surface area contributed by atoms with Gasteiger partial charge in [-0.1, -0.05) is 6.07 Å². The number of nitrogens with zero attached hydrogens (tertiary/aromatic N) is 2. The summed E-state index contributed by atoms with van der Waals surface area (Å²) in [5, 5.41) is 7.42. The third-order valence-electron chi connectivity index (χ3n) is 2.63. The molecule has 0 saturated heterocycles. The second-order valence-electron chi connectivity index (χ2n) is 4.35. The highest BCUT2D eigenvalue weighted by molar-refractivity contribution is 5.93. The van der Waals surface area contributed by atoms with Crippen LogP contribution in [0, 0.1) is 19.3 Å². The van der Waals surface area contributed by atoms with E-state index in [0.29, 0.717) is 22.9 Å². The van der Waals surface area contributed by atoms with Gasteiger partial charge in [0.15, 0.2) is 11.5 Å². The summed E-state index contributed by atoms with van der Waals surface area (Å²) in [6.07, 6.45) is 0. The maximum atomic E-state index is 7.42. The van der Waals surface area contributed by atoms with E-state index in [9.17, 15) is 0 Å². The number of amidine groups is 1. The molecule has 0 aliphatic carbocycles. The van der Waals surface area contributed by atoms with Crippen LogP contribution in [0.25, 0.3) is 0 Å². The van der Waals surface area contributed by atoms with Gasteiger partial charge < -0.3 is 15.2 Å². The predicted molar refractivity (Wildman–Crippen MR) is 75.6 cm³/mol. The Bertz CT molecular complexity index is 656. The molecule has 0 aliphatic rings. The van der Waals surface area contributed by atoms with Gasteiger partial charge in [-0.15, -0.1) is 0 Å². The minimum absolute atomic E-state index is 0.128. The van der Waals surface area contributed by atoms with Gasteiger partial charge >= 0.3 is 6.01 Å². The number of nitrogen functional groups attached to an aromatic ring is 1. The molecule has 20 heavy (non-hydrogen) atoms. The van der Waals surface area contributed by atoms with E-state index in [-0.39, 0.29) is 11.8 Å². The predicted octanol–water partition coefficient (Wildman–Crippen LogP) is 2.18. The first-order valence-corrected chi connectivity index (χ1v) is 6.02. The molecule has 0 bridgehead atoms. The molecule has 1 aromatic carbocycles. The minimum atomic E-state index is -0.128. The van der Waals surface area contributed by atoms with Gasteiger partial charge in [-0.25, -0.2) is 4.98 Å². The molecule has 0 amide bonds. The first-order valence-electron chi connectivity index (χ1n) is 6.02. The van der Waals surface area contributed by atoms with Crippen LogP contribution in [0.1, 0.15) is 17.0 Å². The summed E-state index contributed by atoms with van der Waals surface area (Å²) in [5.74, 6) is 0.980. The minimum Gasteiger partial charge on any atom is -0.493 e. The largest absolute Gasteiger partial charge is 0.493 e. The van der Waals surface area contributed by atoms with E-state index >= 15 is 0 Å². The second kappa shape index (κ2) is 5.56. The molecule has 2 aromatic rings. The lowest BCUT2D eigenvalue weighted by atomic mass is 10.2. The summed E-state index contributed by atoms with van der Waals surface area (Å²) in [7, 11) is 1.57. The van der Waals surface area contributed by atoms with Crippen LogP contribution in [0.4, 0.5) is 0 Å². The van der Waals surface area contributed by atoms with Crippen LogP contribution in [0.2, 0.25) is 0 Å². The molecule has 0 saturated carbocycles. The number of aromatic nitrogens is 2. The number of methoxy groups -OCH3 is 1. The SMILES string of the molecule is COc1cc(C)ccc1Oc1nc(C)cc(C(=N)N)n1. The smallest absolute Gasteiger partial charge is 0.322 e. The Balaban J connectivity index is 2.37. The first kappa shape index (κ1) is 13.8. The Morgan fingerprint density at radius 1 is 1.15 bits per heavy atom. The van der Waals surface area contributed by atoms with Crippen LogP contribution >= 0.6 is 0 Å². The van der Waals surface area contributed by atoms with Crippen molar-refractivity contribution in [1.82, 2.24) is 9.97 Å². The zero-order chi connectivity index (χ0) is 14.7. The summed E-state index contributed by atoms with van der Waals surface area (Å²) in [5.41, 5.74) is 7.50. The Kier molecular flexibility index (Phi) is 3.84. The van der Waals surface area contributed by atoms with E-state index in [0.717, 1.165) is 5.56 Å². The highest BCUT2D eigenvalue weighted by atomic mass is 16.5. The third kappa shape index (κ3) is 3.03. The van der Waals surface area contributed by atoms with Gasteiger partial charge in [-0.2, -0.15) is 4.98 Å². The van der Waals surface area contributed by atoms with Gasteiger partial charge in [0.05, 0.1) is 7.11 Å². The fourth-order valence-corrected chi connectivity index (χ4v) is 1.68. The highest BCUT2D eigenvalue weighted by Crippen LogP contribution is 2.30. The van der Waals surface area contributed by atoms with Crippen LogP contribution in [-0.2, 0) is 0 Å². The fourth-order valence-electron chi connectivity index (χ4n) is 1.68. The number of nitrogens with two attached hydrogens (primary N) is 1. The van der Waals surface area contributed by atoms with E-state index in [4.69, 9.17) is 20.6 Å². The van der Waals surface area contributed by atoms with E-state index < -0.39 is 0 Å². The topological polar surface area (TPSA) is 94.1 Å². The molecule has 6 nitrogen and oxygen atoms in total. The molecule has 1 aromatic heterocycles. The van der Waals surface area contributed by atoms with Crippen molar-refractivity contribution in [1.29, 1.82) is 5.41 Å². The molecular weight excluding hydrogens is 256 g/mol. The van der Waals surface area contributed by atoms with E-state index in [2.05, 4.69) is 9.97 Å². The average molecular weight is 272 g/mol. The maximum Gasteiger partial charge on any atom is 0.322 e. The van der Waals surface area contributed by atoms with Crippen molar-refractivity contribution in [3.05, 3.63) is 41.2 Å². The van der Waals surface area contributed by atoms with Crippen LogP contribution in [0.3, 0.4) is 0 Å². The average Bonchev–Trinajstić information content (AvgIpc) is 2.40. The van der Waals surface area contributed by atoms with Crippen molar-refractivity contribution in [2.75, 3.05) is 7.11 Å². The summed E-state index contributed by atoms with van der Waals surface area (Å²) < 4.78 is 10.9. The molecule has 0 aliphatic heterocycles. The van der Waals surface area contributed by atoms with Crippen LogP contribution in [0.15, 0.2) is 24.3 Å². The number of hydrogen-bond donors (Lipinski definition) is 2. The molecule has 0 spiro atoms. The van der Waals surface area contributed by atoms with Gasteiger partial charge in [0.25, 0.3) is 0 Å². The number of aryl methyl sites for hydroxylation is 2. The number of rotatable bonds is 4. The Hall–Kier alpha value is -2.63. The fraction of sp³-hybridized carbons (Fsp3) is 0.214. The van der Waals surface area contributed by atoms with E-state index in [1.165, 1.54) is 0 Å². The molecule has 2 rings (SSSR count). The highest BCUT2D eigenvalue weighted by Gasteiger charge is 2.10. The molecular formula is C14H16N4O2. The summed E-state index contributed by atoms with van der Waals surface area (Å²) in [4.78, 5) is 8.26. The normalized spacial score (nSPS) is 10.2. The Morgan fingerprint density at radius 2 is 1.90 bits per heavy atom. The number of nitrogens with one attached hydrogen (secondary N) is 1. The molecule has 0 fully saturated rings. The van der Waals surface area contributed by atoms with Crippen LogP contribution in [0.5, 0.6) is 17.5 Å². The van der Waals surface area contributed by atoms with Crippen molar-refractivity contribution < 1.29 is 9.47 Å². The Labute approximate surface area is 117 Å². The summed E-state index contributed by atoms with van der Waals surface area (Å²) in [6, 6.07) is 7.31. The molecule has 1 heterocycles. The quantitative estimate of drug-likeness (QED) is 0.657. The molecule has 0 atom stereocenters. The Morgan fingerprint density at radius 3 is 2.55 bits per heavy atom. The van der Waals surface area contributed by atoms with Crippen molar-refractivity contribution in [3.8, 4) is 17.5 Å². The molecule has 0 unspecified atom stereocenters. The van der Waals surface area contributed by atoms with Crippen molar-refractivity contribution >= 4 is 5.84 Å².